The van der Waals surface area contributed by atoms with Gasteiger partial charge in [0.15, 0.2) is 11.6 Å². The molecule has 4 aromatic carbocycles. The lowest BCUT2D eigenvalue weighted by Gasteiger charge is -2.29. The van der Waals surface area contributed by atoms with E-state index in [1.165, 1.54) is 32.1 Å². The molecule has 0 radical (unpaired) electrons. The number of aromatic nitrogens is 2. The fourth-order valence-electron chi connectivity index (χ4n) is 8.30. The number of methoxy groups -OCH3 is 2. The summed E-state index contributed by atoms with van der Waals surface area (Å²) >= 11 is 21.0. The Kier molecular flexibility index (Phi) is 22.7. The lowest BCUT2D eigenvalue weighted by molar-refractivity contribution is -0.123. The van der Waals surface area contributed by atoms with Crippen LogP contribution >= 0.6 is 37.9 Å². The molecule has 15 nitrogen and oxygen atoms in total. The Hall–Kier alpha value is -6.71. The minimum Gasteiger partial charge on any atom is -0.465 e. The van der Waals surface area contributed by atoms with E-state index in [-0.39, 0.29) is 90.6 Å². The van der Waals surface area contributed by atoms with Gasteiger partial charge in [0.1, 0.15) is 0 Å². The van der Waals surface area contributed by atoms with Gasteiger partial charge in [0.05, 0.1) is 43.1 Å². The molecule has 0 saturated carbocycles. The first kappa shape index (κ1) is 59.2. The van der Waals surface area contributed by atoms with Gasteiger partial charge in [-0.05, 0) is 135 Å². The average Bonchev–Trinajstić information content (AvgIpc) is 3.53. The lowest BCUT2D eigenvalue weighted by Crippen LogP contribution is -2.45. The van der Waals surface area contributed by atoms with Gasteiger partial charge in [0.25, 0.3) is 11.8 Å². The molecule has 4 heterocycles. The first-order valence-electron chi connectivity index (χ1n) is 22.9. The summed E-state index contributed by atoms with van der Waals surface area (Å²) in [6.07, 6.45) is 3.98. The van der Waals surface area contributed by atoms with E-state index in [4.69, 9.17) is 38.4 Å². The van der Waals surface area contributed by atoms with Crippen LogP contribution in [0.2, 0.25) is 10.0 Å². The number of nitrogens with one attached hydrogen (secondary N) is 1. The Balaban J connectivity index is 0.000000252. The number of Topliss-reactive ketones (excluding diaryl/α,β-unsaturated/α-hetero) is 2. The molecule has 388 valence electrons. The van der Waals surface area contributed by atoms with Gasteiger partial charge in [-0.15, -0.1) is 0 Å². The van der Waals surface area contributed by atoms with E-state index in [9.17, 15) is 33.6 Å². The highest BCUT2D eigenvalue weighted by atomic mass is 35.5. The van der Waals surface area contributed by atoms with Crippen molar-refractivity contribution in [2.75, 3.05) is 38.6 Å². The molecule has 0 spiro atoms. The van der Waals surface area contributed by atoms with Crippen molar-refractivity contribution in [2.24, 2.45) is 0 Å². The second-order valence-corrected chi connectivity index (χ2v) is 20.5. The highest BCUT2D eigenvalue weighted by Crippen LogP contribution is 2.30. The fourth-order valence-corrected chi connectivity index (χ4v) is 8.69. The number of nitrogens with two attached hydrogens (primary N) is 1. The van der Waals surface area contributed by atoms with E-state index < -0.39 is 24.0 Å². The molecule has 0 fully saturated rings. The van der Waals surface area contributed by atoms with Crippen LogP contribution in [-0.4, -0.2) is 101 Å². The predicted molar refractivity (Wildman–Crippen MR) is 298 cm³/mol. The van der Waals surface area contributed by atoms with E-state index in [1.807, 2.05) is 37.6 Å². The zero-order valence-electron chi connectivity index (χ0n) is 41.5. The molecule has 75 heavy (non-hydrogen) atoms. The summed E-state index contributed by atoms with van der Waals surface area (Å²) in [6, 6.07) is 28.9. The summed E-state index contributed by atoms with van der Waals surface area (Å²) in [6.45, 7) is 5.36. The molecule has 0 bridgehead atoms. The third-order valence-corrected chi connectivity index (χ3v) is 12.1. The summed E-state index contributed by atoms with van der Waals surface area (Å²) in [5.74, 6) is -2.34. The number of anilines is 2. The largest absolute Gasteiger partial charge is 0.465 e. The van der Waals surface area contributed by atoms with Crippen molar-refractivity contribution >= 4 is 114 Å². The van der Waals surface area contributed by atoms with Crippen molar-refractivity contribution in [1.29, 1.82) is 0 Å². The minimum absolute atomic E-state index is 0.0635. The molecular formula is C54H52Cl2N6O9P2S2. The average molecular weight is 1130 g/mol. The number of carbonyl (C=O) groups excluding carboxylic acids is 7. The van der Waals surface area contributed by atoms with Crippen LogP contribution in [-0.2, 0) is 86.2 Å². The lowest BCUT2D eigenvalue weighted by atomic mass is 9.99. The first-order valence-corrected chi connectivity index (χ1v) is 28.4. The van der Waals surface area contributed by atoms with Gasteiger partial charge in [-0.3, -0.25) is 33.9 Å². The van der Waals surface area contributed by atoms with Gasteiger partial charge in [0, 0.05) is 96.3 Å². The minimum atomic E-state index is -0.775. The second kappa shape index (κ2) is 28.8. The van der Waals surface area contributed by atoms with Crippen LogP contribution in [0.15, 0.2) is 122 Å². The zero-order valence-corrected chi connectivity index (χ0v) is 46.4. The van der Waals surface area contributed by atoms with Gasteiger partial charge in [0.2, 0.25) is 5.91 Å². The van der Waals surface area contributed by atoms with Gasteiger partial charge in [-0.1, -0.05) is 71.1 Å². The van der Waals surface area contributed by atoms with Crippen molar-refractivity contribution in [3.8, 4) is 0 Å². The number of rotatable bonds is 11. The number of carbonyl (C=O) groups is 7. The number of fused-ring (bicyclic) bond motifs is 2. The number of esters is 2. The van der Waals surface area contributed by atoms with Gasteiger partial charge in [-0.25, -0.2) is 9.59 Å². The van der Waals surface area contributed by atoms with Crippen molar-refractivity contribution in [3.63, 3.8) is 0 Å². The maximum absolute atomic E-state index is 13.7. The van der Waals surface area contributed by atoms with E-state index >= 15 is 0 Å². The first-order chi connectivity index (χ1) is 36.0. The highest BCUT2D eigenvalue weighted by molar-refractivity contribution is 7.96. The summed E-state index contributed by atoms with van der Waals surface area (Å²) in [5.41, 5.74) is 11.7. The number of nitrogens with zero attached hydrogens (tertiary/aromatic N) is 4. The molecule has 2 atom stereocenters. The van der Waals surface area contributed by atoms with E-state index in [0.29, 0.717) is 54.8 Å². The number of hydrogen-bond acceptors (Lipinski definition) is 14. The van der Waals surface area contributed by atoms with Crippen LogP contribution in [0.1, 0.15) is 82.0 Å². The Morgan fingerprint density at radius 3 is 1.48 bits per heavy atom. The molecule has 6 aromatic rings. The van der Waals surface area contributed by atoms with Crippen molar-refractivity contribution in [2.45, 2.75) is 57.8 Å². The normalized spacial score (nSPS) is 14.8. The summed E-state index contributed by atoms with van der Waals surface area (Å²) in [4.78, 5) is 102. The van der Waals surface area contributed by atoms with Gasteiger partial charge in [-0.2, -0.15) is 0 Å². The molecule has 2 aliphatic heterocycles. The van der Waals surface area contributed by atoms with Crippen molar-refractivity contribution in [3.05, 3.63) is 188 Å². The van der Waals surface area contributed by atoms with Crippen molar-refractivity contribution < 1.29 is 43.0 Å². The summed E-state index contributed by atoms with van der Waals surface area (Å²) in [7, 11) is 4.53. The van der Waals surface area contributed by atoms with Crippen LogP contribution in [0.3, 0.4) is 0 Å². The molecule has 3 N–H and O–H groups in total. The molecule has 21 heteroatoms. The third-order valence-electron chi connectivity index (χ3n) is 11.6. The van der Waals surface area contributed by atoms with E-state index in [2.05, 4.69) is 38.9 Å². The number of benzene rings is 4. The van der Waals surface area contributed by atoms with Crippen molar-refractivity contribution in [1.82, 2.24) is 19.8 Å². The number of amides is 3. The summed E-state index contributed by atoms with van der Waals surface area (Å²) < 4.78 is 9.55. The topological polar surface area (TPSA) is 208 Å². The molecule has 0 saturated heterocycles. The maximum atomic E-state index is 13.7. The Bertz CT molecular complexity index is 3100. The molecular weight excluding hydrogens is 1070 g/mol. The van der Waals surface area contributed by atoms with E-state index in [1.54, 1.807) is 96.2 Å². The quantitative estimate of drug-likeness (QED) is 0.0704. The maximum Gasteiger partial charge on any atom is 0.339 e. The van der Waals surface area contributed by atoms with E-state index in [0.717, 1.165) is 14.7 Å². The van der Waals surface area contributed by atoms with Gasteiger partial charge >= 0.3 is 11.9 Å². The molecule has 3 amide bonds. The number of pyridine rings is 2. The Labute approximate surface area is 458 Å². The molecule has 0 unspecified atom stereocenters. The number of hydrogen-bond donors (Lipinski definition) is 2. The van der Waals surface area contributed by atoms with Crippen LogP contribution in [0, 0.1) is 0 Å². The predicted octanol–water partition coefficient (Wildman–Crippen LogP) is 9.39. The molecule has 8 rings (SSSR count). The molecule has 2 aliphatic rings. The van der Waals surface area contributed by atoms with Crippen LogP contribution in [0.25, 0.3) is 0 Å². The number of ether oxygens (including phenoxy) is 2. The number of halogens is 2. The smallest absolute Gasteiger partial charge is 0.339 e. The molecule has 0 aliphatic carbocycles. The number of nitrogen functional groups attached to an aromatic ring is 1. The standard InChI is InChI=1S/C27H24ClN3O5.C25H22ClN3O4.2CH3PS/c1-16(32)30-23-11-17(6-8-22(23)27(35)36-2)15-31-24(14-20-5-3-4-10-29-20)25(33)13-18-12-19(28)7-9-21(18)26(31)34;1-33-25(32)20-7-5-15(10-21(20)27)14-29-22(13-18-4-2-3-9-28-18)23(30)12-16-11-17(26)6-8-19(16)24(29)31;2*1-2-3/h3-12,24H,13-15H2,1-2H3,(H,30,32);2-11,22H,12-14,27H2,1H3;2*1H3/t24-;22-;;/m11../s1. The van der Waals surface area contributed by atoms with Crippen LogP contribution < -0.4 is 11.1 Å². The summed E-state index contributed by atoms with van der Waals surface area (Å²) in [5, 5.41) is 3.55. The second-order valence-electron chi connectivity index (χ2n) is 16.7. The SMILES string of the molecule is COC(=O)c1ccc(CN2C(=O)c3ccc(Cl)cc3CC(=O)[C@H]2Cc2ccccn2)cc1N.COC(=O)c1ccc(CN2C(=O)c3ccc(Cl)cc3CC(=O)[C@H]2Cc2ccccn2)cc1NC(C)=O.CP=S.CP=S. The fraction of sp³-hybridized carbons (Fsp3) is 0.241. The third kappa shape index (κ3) is 16.1. The molecule has 2 aromatic heterocycles. The number of ketones is 2. The highest BCUT2D eigenvalue weighted by Gasteiger charge is 2.37. The Morgan fingerprint density at radius 1 is 0.653 bits per heavy atom. The zero-order chi connectivity index (χ0) is 54.8. The van der Waals surface area contributed by atoms with Gasteiger partial charge < -0.3 is 30.3 Å². The monoisotopic (exact) mass is 1120 g/mol. The van der Waals surface area contributed by atoms with Crippen LogP contribution in [0.5, 0.6) is 0 Å². The van der Waals surface area contributed by atoms with Crippen LogP contribution in [0.4, 0.5) is 11.4 Å². The Morgan fingerprint density at radius 2 is 1.08 bits per heavy atom.